The van der Waals surface area contributed by atoms with Gasteiger partial charge in [-0.1, -0.05) is 55.3 Å². The van der Waals surface area contributed by atoms with E-state index in [4.69, 9.17) is 0 Å². The van der Waals surface area contributed by atoms with Gasteiger partial charge in [0.25, 0.3) is 0 Å². The summed E-state index contributed by atoms with van der Waals surface area (Å²) in [6.07, 6.45) is 4.70. The van der Waals surface area contributed by atoms with Gasteiger partial charge in [0.05, 0.1) is 6.42 Å². The summed E-state index contributed by atoms with van der Waals surface area (Å²) in [4.78, 5) is 28.1. The quantitative estimate of drug-likeness (QED) is 0.729. The average Bonchev–Trinajstić information content (AvgIpc) is 3.22. The molecule has 1 atom stereocenters. The predicted octanol–water partition coefficient (Wildman–Crippen LogP) is 4.63. The van der Waals surface area contributed by atoms with Gasteiger partial charge in [-0.25, -0.2) is 0 Å². The van der Waals surface area contributed by atoms with Crippen LogP contribution in [0.5, 0.6) is 0 Å². The van der Waals surface area contributed by atoms with E-state index in [1.165, 1.54) is 11.1 Å². The van der Waals surface area contributed by atoms with Gasteiger partial charge in [0.2, 0.25) is 11.8 Å². The van der Waals surface area contributed by atoms with E-state index in [0.717, 1.165) is 42.4 Å². The summed E-state index contributed by atoms with van der Waals surface area (Å²) in [6.45, 7) is 8.47. The van der Waals surface area contributed by atoms with Crippen molar-refractivity contribution in [3.63, 3.8) is 0 Å². The highest BCUT2D eigenvalue weighted by molar-refractivity contribution is 5.88. The topological polar surface area (TPSA) is 49.4 Å². The van der Waals surface area contributed by atoms with E-state index >= 15 is 0 Å². The second kappa shape index (κ2) is 9.92. The third-order valence-corrected chi connectivity index (χ3v) is 6.40. The zero-order chi connectivity index (χ0) is 21.7. The molecule has 0 radical (unpaired) electrons. The molecule has 4 heteroatoms. The van der Waals surface area contributed by atoms with E-state index in [9.17, 15) is 9.59 Å². The molecule has 0 aromatic heterocycles. The molecule has 1 aliphatic carbocycles. The average molecular weight is 407 g/mol. The van der Waals surface area contributed by atoms with Crippen LogP contribution in [0.2, 0.25) is 0 Å². The highest BCUT2D eigenvalue weighted by atomic mass is 16.2. The molecule has 1 saturated carbocycles. The van der Waals surface area contributed by atoms with Crippen molar-refractivity contribution in [1.29, 1.82) is 0 Å². The molecule has 0 saturated heterocycles. The maximum absolute atomic E-state index is 13.4. The second-order valence-corrected chi connectivity index (χ2v) is 8.71. The molecule has 0 bridgehead atoms. The number of carbonyl (C=O) groups excluding carboxylic acids is 2. The van der Waals surface area contributed by atoms with Gasteiger partial charge < -0.3 is 10.2 Å². The Labute approximate surface area is 180 Å². The van der Waals surface area contributed by atoms with Gasteiger partial charge in [-0.15, -0.1) is 0 Å². The lowest BCUT2D eigenvalue weighted by atomic mass is 10.0. The first-order valence-corrected chi connectivity index (χ1v) is 11.1. The third kappa shape index (κ3) is 5.50. The van der Waals surface area contributed by atoms with Gasteiger partial charge in [0, 0.05) is 12.6 Å². The fraction of sp³-hybridized carbons (Fsp3) is 0.462. The fourth-order valence-corrected chi connectivity index (χ4v) is 4.14. The van der Waals surface area contributed by atoms with Gasteiger partial charge in [-0.2, -0.15) is 0 Å². The van der Waals surface area contributed by atoms with Crippen LogP contribution in [0.15, 0.2) is 42.5 Å². The fourth-order valence-electron chi connectivity index (χ4n) is 4.14. The highest BCUT2D eigenvalue weighted by Crippen LogP contribution is 2.20. The Morgan fingerprint density at radius 3 is 2.37 bits per heavy atom. The Balaban J connectivity index is 1.79. The molecule has 30 heavy (non-hydrogen) atoms. The second-order valence-electron chi connectivity index (χ2n) is 8.71. The van der Waals surface area contributed by atoms with Crippen molar-refractivity contribution >= 4 is 11.8 Å². The van der Waals surface area contributed by atoms with Gasteiger partial charge in [0.15, 0.2) is 0 Å². The zero-order valence-electron chi connectivity index (χ0n) is 18.7. The molecule has 0 aliphatic heterocycles. The summed E-state index contributed by atoms with van der Waals surface area (Å²) >= 11 is 0. The Hall–Kier alpha value is -2.62. The number of benzene rings is 2. The van der Waals surface area contributed by atoms with Crippen LogP contribution < -0.4 is 5.32 Å². The third-order valence-electron chi connectivity index (χ3n) is 6.40. The monoisotopic (exact) mass is 406 g/mol. The van der Waals surface area contributed by atoms with E-state index in [0.29, 0.717) is 13.0 Å². The maximum atomic E-state index is 13.4. The van der Waals surface area contributed by atoms with Gasteiger partial charge in [-0.3, -0.25) is 9.59 Å². The molecule has 3 rings (SSSR count). The highest BCUT2D eigenvalue weighted by Gasteiger charge is 2.28. The number of aryl methyl sites for hydroxylation is 3. The molecule has 0 heterocycles. The SMILES string of the molecule is Cc1ccc(CC(=O)N(Cc2ccccc2C)[C@H](C)C(=O)NC2CCCC2)cc1C. The maximum Gasteiger partial charge on any atom is 0.242 e. The van der Waals surface area contributed by atoms with Crippen molar-refractivity contribution in [3.05, 3.63) is 70.3 Å². The van der Waals surface area contributed by atoms with E-state index < -0.39 is 6.04 Å². The van der Waals surface area contributed by atoms with Gasteiger partial charge >= 0.3 is 0 Å². The number of hydrogen-bond donors (Lipinski definition) is 1. The number of rotatable bonds is 7. The van der Waals surface area contributed by atoms with Gasteiger partial charge in [0.1, 0.15) is 6.04 Å². The molecule has 1 N–H and O–H groups in total. The lowest BCUT2D eigenvalue weighted by molar-refractivity contribution is -0.140. The molecule has 160 valence electrons. The number of carbonyl (C=O) groups is 2. The minimum absolute atomic E-state index is 0.0180. The minimum Gasteiger partial charge on any atom is -0.352 e. The molecule has 0 spiro atoms. The van der Waals surface area contributed by atoms with E-state index in [1.807, 2.05) is 44.2 Å². The first kappa shape index (κ1) is 22.1. The smallest absolute Gasteiger partial charge is 0.242 e. The molecule has 2 aromatic rings. The van der Waals surface area contributed by atoms with Crippen LogP contribution in [-0.4, -0.2) is 28.8 Å². The van der Waals surface area contributed by atoms with Crippen LogP contribution in [-0.2, 0) is 22.6 Å². The van der Waals surface area contributed by atoms with E-state index in [-0.39, 0.29) is 17.9 Å². The van der Waals surface area contributed by atoms with Crippen molar-refractivity contribution in [2.75, 3.05) is 0 Å². The van der Waals surface area contributed by atoms with Crippen LogP contribution in [0.3, 0.4) is 0 Å². The number of nitrogens with zero attached hydrogens (tertiary/aromatic N) is 1. The van der Waals surface area contributed by atoms with Crippen molar-refractivity contribution in [3.8, 4) is 0 Å². The minimum atomic E-state index is -0.510. The summed E-state index contributed by atoms with van der Waals surface area (Å²) < 4.78 is 0. The lowest BCUT2D eigenvalue weighted by Gasteiger charge is -2.30. The molecule has 2 amide bonds. The summed E-state index contributed by atoms with van der Waals surface area (Å²) in [5.41, 5.74) is 5.59. The number of nitrogens with one attached hydrogen (secondary N) is 1. The Kier molecular flexibility index (Phi) is 7.30. The largest absolute Gasteiger partial charge is 0.352 e. The molecular weight excluding hydrogens is 372 g/mol. The Morgan fingerprint density at radius 2 is 1.70 bits per heavy atom. The molecule has 1 aliphatic rings. The van der Waals surface area contributed by atoms with E-state index in [2.05, 4.69) is 31.3 Å². The van der Waals surface area contributed by atoms with Crippen molar-refractivity contribution < 1.29 is 9.59 Å². The summed E-state index contributed by atoms with van der Waals surface area (Å²) in [5.74, 6) is -0.0699. The Bertz CT molecular complexity index is 900. The van der Waals surface area contributed by atoms with Crippen molar-refractivity contribution in [2.45, 2.75) is 78.4 Å². The first-order valence-electron chi connectivity index (χ1n) is 11.1. The molecule has 2 aromatic carbocycles. The van der Waals surface area contributed by atoms with Crippen LogP contribution in [0.4, 0.5) is 0 Å². The van der Waals surface area contributed by atoms with Gasteiger partial charge in [-0.05, 0) is 68.4 Å². The normalized spacial score (nSPS) is 15.1. The molecule has 1 fully saturated rings. The van der Waals surface area contributed by atoms with E-state index in [1.54, 1.807) is 4.90 Å². The van der Waals surface area contributed by atoms with Crippen molar-refractivity contribution in [2.24, 2.45) is 0 Å². The van der Waals surface area contributed by atoms with Crippen molar-refractivity contribution in [1.82, 2.24) is 10.2 Å². The lowest BCUT2D eigenvalue weighted by Crippen LogP contribution is -2.50. The molecule has 4 nitrogen and oxygen atoms in total. The molecule has 0 unspecified atom stereocenters. The molecular formula is C26H34N2O2. The van der Waals surface area contributed by atoms with Crippen LogP contribution in [0.25, 0.3) is 0 Å². The van der Waals surface area contributed by atoms with Crippen LogP contribution in [0, 0.1) is 20.8 Å². The first-order chi connectivity index (χ1) is 14.3. The zero-order valence-corrected chi connectivity index (χ0v) is 18.7. The summed E-state index contributed by atoms with van der Waals surface area (Å²) in [7, 11) is 0. The van der Waals surface area contributed by atoms with Crippen LogP contribution in [0.1, 0.15) is 60.4 Å². The summed E-state index contributed by atoms with van der Waals surface area (Å²) in [5, 5.41) is 3.16. The number of amides is 2. The Morgan fingerprint density at radius 1 is 1.00 bits per heavy atom. The standard InChI is InChI=1S/C26H34N2O2/c1-18-13-14-22(15-20(18)3)16-25(29)28(17-23-10-6-5-9-19(23)2)21(4)26(30)27-24-11-7-8-12-24/h5-6,9-10,13-15,21,24H,7-8,11-12,16-17H2,1-4H3,(H,27,30)/t21-/m1/s1. The van der Waals surface area contributed by atoms with Crippen LogP contribution >= 0.6 is 0 Å². The predicted molar refractivity (Wildman–Crippen MR) is 121 cm³/mol. The number of hydrogen-bond acceptors (Lipinski definition) is 2. The summed E-state index contributed by atoms with van der Waals surface area (Å²) in [6, 6.07) is 13.9.